The number of aromatic nitrogens is 2. The largest absolute Gasteiger partial charge is 0.423 e. The minimum atomic E-state index is -0.453. The molecule has 1 aliphatic carbocycles. The topological polar surface area (TPSA) is 79.5 Å². The van der Waals surface area contributed by atoms with Gasteiger partial charge in [-0.1, -0.05) is 17.9 Å². The molecule has 2 atom stereocenters. The predicted molar refractivity (Wildman–Crippen MR) is 89.5 cm³/mol. The highest BCUT2D eigenvalue weighted by atomic mass is 16.4. The Bertz CT molecular complexity index is 879. The van der Waals surface area contributed by atoms with Crippen LogP contribution in [0.15, 0.2) is 28.7 Å². The molecule has 1 N–H and O–H groups in total. The molecule has 6 heteroatoms. The molecule has 1 aromatic carbocycles. The van der Waals surface area contributed by atoms with E-state index in [2.05, 4.69) is 22.0 Å². The van der Waals surface area contributed by atoms with Gasteiger partial charge >= 0.3 is 0 Å². The molecule has 6 nitrogen and oxygen atoms in total. The number of aliphatic hydroxyl groups excluding tert-OH is 1. The number of carbonyl (C=O) groups is 1. The molecule has 1 amide bonds. The van der Waals surface area contributed by atoms with E-state index < -0.39 is 5.54 Å². The Kier molecular flexibility index (Phi) is 3.81. The fraction of sp³-hybridized carbons (Fsp3) is 0.421. The van der Waals surface area contributed by atoms with Crippen LogP contribution in [0.2, 0.25) is 0 Å². The number of hydrogen-bond donors (Lipinski definition) is 1. The molecule has 0 bridgehead atoms. The van der Waals surface area contributed by atoms with Crippen molar-refractivity contribution in [3.05, 3.63) is 47.2 Å². The number of nitrogens with zero attached hydrogens (tertiary/aromatic N) is 3. The van der Waals surface area contributed by atoms with Gasteiger partial charge in [-0.25, -0.2) is 0 Å². The van der Waals surface area contributed by atoms with Crippen molar-refractivity contribution >= 4 is 5.91 Å². The monoisotopic (exact) mass is 337 g/mol. The number of rotatable bonds is 2. The van der Waals surface area contributed by atoms with Gasteiger partial charge in [-0.2, -0.15) is 0 Å². The number of carbonyl (C=O) groups excluding carboxylic acids is 1. The maximum atomic E-state index is 13.2. The second-order valence-electron chi connectivity index (χ2n) is 6.57. The van der Waals surface area contributed by atoms with E-state index in [0.717, 1.165) is 19.3 Å². The zero-order chi connectivity index (χ0) is 17.4. The number of benzene rings is 1. The van der Waals surface area contributed by atoms with E-state index in [9.17, 15) is 4.79 Å². The van der Waals surface area contributed by atoms with Crippen LogP contribution in [0.3, 0.4) is 0 Å². The molecular weight excluding hydrogens is 318 g/mol. The summed E-state index contributed by atoms with van der Waals surface area (Å²) in [5.41, 5.74) is 0.852. The Labute approximate surface area is 145 Å². The minimum absolute atomic E-state index is 0.0364. The van der Waals surface area contributed by atoms with Crippen LogP contribution in [-0.4, -0.2) is 39.3 Å². The van der Waals surface area contributed by atoms with Gasteiger partial charge in [0, 0.05) is 24.6 Å². The molecule has 2 heterocycles. The number of fused-ring (bicyclic) bond motifs is 1. The van der Waals surface area contributed by atoms with Crippen LogP contribution < -0.4 is 0 Å². The molecule has 4 rings (SSSR count). The van der Waals surface area contributed by atoms with E-state index in [-0.39, 0.29) is 12.5 Å². The number of likely N-dealkylation sites (tertiary alicyclic amines) is 1. The van der Waals surface area contributed by atoms with Crippen LogP contribution in [0.4, 0.5) is 0 Å². The van der Waals surface area contributed by atoms with Crippen molar-refractivity contribution in [2.45, 2.75) is 31.7 Å². The minimum Gasteiger partial charge on any atom is -0.423 e. The lowest BCUT2D eigenvalue weighted by atomic mass is 9.67. The molecule has 1 saturated carbocycles. The second kappa shape index (κ2) is 6.01. The highest BCUT2D eigenvalue weighted by Crippen LogP contribution is 2.56. The lowest BCUT2D eigenvalue weighted by Gasteiger charge is -2.47. The van der Waals surface area contributed by atoms with Crippen molar-refractivity contribution < 1.29 is 14.3 Å². The van der Waals surface area contributed by atoms with Gasteiger partial charge in [0.25, 0.3) is 5.91 Å². The highest BCUT2D eigenvalue weighted by molar-refractivity contribution is 5.95. The molecule has 25 heavy (non-hydrogen) atoms. The molecule has 1 aromatic heterocycles. The molecule has 1 saturated heterocycles. The summed E-state index contributed by atoms with van der Waals surface area (Å²) in [7, 11) is 0. The molecule has 0 radical (unpaired) electrons. The third kappa shape index (κ3) is 2.43. The second-order valence-corrected chi connectivity index (χ2v) is 6.57. The maximum absolute atomic E-state index is 13.2. The first-order valence-electron chi connectivity index (χ1n) is 8.47. The van der Waals surface area contributed by atoms with Crippen molar-refractivity contribution in [1.82, 2.24) is 15.1 Å². The van der Waals surface area contributed by atoms with Gasteiger partial charge in [0.1, 0.15) is 12.1 Å². The third-order valence-corrected chi connectivity index (χ3v) is 5.29. The zero-order valence-corrected chi connectivity index (χ0v) is 14.0. The summed E-state index contributed by atoms with van der Waals surface area (Å²) < 4.78 is 5.72. The van der Waals surface area contributed by atoms with Gasteiger partial charge in [-0.3, -0.25) is 4.79 Å². The standard InChI is InChI=1S/C19H19N3O3/c1-13-20-21-18(25-13)19-9-7-16(19)8-10-22(19)17(24)15-6-2-4-14(12-15)5-3-11-23/h2,4,6,12,16,23H,7-11H2,1H3/t16-,19-/m0/s1. The first kappa shape index (κ1) is 15.9. The summed E-state index contributed by atoms with van der Waals surface area (Å²) in [6, 6.07) is 7.20. The average Bonchev–Trinajstić information content (AvgIpc) is 3.14. The zero-order valence-electron chi connectivity index (χ0n) is 14.0. The van der Waals surface area contributed by atoms with Crippen molar-refractivity contribution in [1.29, 1.82) is 0 Å². The van der Waals surface area contributed by atoms with Gasteiger partial charge in [0.05, 0.1) is 0 Å². The Morgan fingerprint density at radius 1 is 1.44 bits per heavy atom. The van der Waals surface area contributed by atoms with E-state index in [0.29, 0.717) is 35.4 Å². The number of amides is 1. The van der Waals surface area contributed by atoms with Gasteiger partial charge in [0.2, 0.25) is 11.8 Å². The lowest BCUT2D eigenvalue weighted by Crippen LogP contribution is -2.54. The summed E-state index contributed by atoms with van der Waals surface area (Å²) in [4.78, 5) is 15.1. The molecule has 0 unspecified atom stereocenters. The van der Waals surface area contributed by atoms with Crippen LogP contribution in [0.1, 0.15) is 47.0 Å². The SMILES string of the molecule is Cc1nnc([C@]23CC[C@H]2CCN3C(=O)c2cccc(C#CCO)c2)o1. The summed E-state index contributed by atoms with van der Waals surface area (Å²) in [6.45, 7) is 2.26. The maximum Gasteiger partial charge on any atom is 0.254 e. The molecule has 2 aliphatic rings. The predicted octanol–water partition coefficient (Wildman–Crippen LogP) is 1.87. The first-order chi connectivity index (χ1) is 12.1. The Hall–Kier alpha value is -2.65. The molecule has 0 spiro atoms. The van der Waals surface area contributed by atoms with Crippen LogP contribution >= 0.6 is 0 Å². The van der Waals surface area contributed by atoms with Crippen LogP contribution in [0, 0.1) is 24.7 Å². The number of aryl methyl sites for hydroxylation is 1. The molecule has 1 aliphatic heterocycles. The summed E-state index contributed by atoms with van der Waals surface area (Å²) in [5.74, 6) is 6.89. The summed E-state index contributed by atoms with van der Waals surface area (Å²) >= 11 is 0. The van der Waals surface area contributed by atoms with Crippen molar-refractivity contribution in [2.24, 2.45) is 5.92 Å². The van der Waals surface area contributed by atoms with Crippen molar-refractivity contribution in [3.8, 4) is 11.8 Å². The van der Waals surface area contributed by atoms with Gasteiger partial charge in [-0.05, 0) is 43.4 Å². The smallest absolute Gasteiger partial charge is 0.254 e. The lowest BCUT2D eigenvalue weighted by molar-refractivity contribution is -0.00343. The third-order valence-electron chi connectivity index (χ3n) is 5.29. The van der Waals surface area contributed by atoms with Crippen LogP contribution in [0.25, 0.3) is 0 Å². The van der Waals surface area contributed by atoms with Gasteiger partial charge in [-0.15, -0.1) is 10.2 Å². The van der Waals surface area contributed by atoms with E-state index in [1.54, 1.807) is 19.1 Å². The Morgan fingerprint density at radius 2 is 2.32 bits per heavy atom. The van der Waals surface area contributed by atoms with E-state index in [1.165, 1.54) is 0 Å². The van der Waals surface area contributed by atoms with Crippen LogP contribution in [-0.2, 0) is 5.54 Å². The molecular formula is C19H19N3O3. The van der Waals surface area contributed by atoms with E-state index in [1.807, 2.05) is 17.0 Å². The van der Waals surface area contributed by atoms with Crippen molar-refractivity contribution in [3.63, 3.8) is 0 Å². The van der Waals surface area contributed by atoms with E-state index >= 15 is 0 Å². The average molecular weight is 337 g/mol. The fourth-order valence-electron chi connectivity index (χ4n) is 4.02. The molecule has 2 fully saturated rings. The molecule has 2 aromatic rings. The first-order valence-corrected chi connectivity index (χ1v) is 8.47. The van der Waals surface area contributed by atoms with Crippen LogP contribution in [0.5, 0.6) is 0 Å². The quantitative estimate of drug-likeness (QED) is 0.847. The highest BCUT2D eigenvalue weighted by Gasteiger charge is 2.61. The fourth-order valence-corrected chi connectivity index (χ4v) is 4.02. The summed E-state index contributed by atoms with van der Waals surface area (Å²) in [6.07, 6.45) is 2.89. The van der Waals surface area contributed by atoms with Gasteiger partial charge in [0.15, 0.2) is 0 Å². The van der Waals surface area contributed by atoms with E-state index in [4.69, 9.17) is 9.52 Å². The van der Waals surface area contributed by atoms with Crippen molar-refractivity contribution in [2.75, 3.05) is 13.2 Å². The molecule has 128 valence electrons. The number of hydrogen-bond acceptors (Lipinski definition) is 5. The van der Waals surface area contributed by atoms with Gasteiger partial charge < -0.3 is 14.4 Å². The number of aliphatic hydroxyl groups is 1. The normalized spacial score (nSPS) is 24.2. The Morgan fingerprint density at radius 3 is 3.00 bits per heavy atom. The summed E-state index contributed by atoms with van der Waals surface area (Å²) in [5, 5.41) is 17.0. The Balaban J connectivity index is 1.68.